The number of benzene rings is 2. The van der Waals surface area contributed by atoms with Crippen LogP contribution in [0.3, 0.4) is 0 Å². The van der Waals surface area contributed by atoms with Crippen molar-refractivity contribution in [2.75, 3.05) is 12.4 Å². The molecular weight excluding hydrogens is 415 g/mol. The maximum Gasteiger partial charge on any atom is 0.262 e. The lowest BCUT2D eigenvalue weighted by Crippen LogP contribution is -2.45. The lowest BCUT2D eigenvalue weighted by molar-refractivity contribution is -0.119. The van der Waals surface area contributed by atoms with Gasteiger partial charge in [0.2, 0.25) is 5.91 Å². The summed E-state index contributed by atoms with van der Waals surface area (Å²) in [5.74, 6) is -1.31. The quantitative estimate of drug-likeness (QED) is 0.739. The molecule has 1 heterocycles. The van der Waals surface area contributed by atoms with Gasteiger partial charge in [-0.05, 0) is 37.3 Å². The van der Waals surface area contributed by atoms with Crippen molar-refractivity contribution in [3.8, 4) is 5.75 Å². The molecule has 1 N–H and O–H groups in total. The first kappa shape index (κ1) is 19.5. The monoisotopic (exact) mass is 426 g/mol. The Balaban J connectivity index is 1.82. The summed E-state index contributed by atoms with van der Waals surface area (Å²) in [7, 11) is 1.47. The van der Waals surface area contributed by atoms with E-state index in [-0.39, 0.29) is 21.2 Å². The molecule has 0 aromatic heterocycles. The topological polar surface area (TPSA) is 75.7 Å². The number of carbonyl (C=O) groups excluding carboxylic acids is 3. The van der Waals surface area contributed by atoms with Crippen molar-refractivity contribution in [2.45, 2.75) is 13.0 Å². The molecule has 0 spiro atoms. The van der Waals surface area contributed by atoms with E-state index < -0.39 is 23.8 Å². The zero-order chi connectivity index (χ0) is 19.9. The number of nitrogens with one attached hydrogen (secondary N) is 1. The second-order valence-electron chi connectivity index (χ2n) is 5.81. The number of imide groups is 1. The fraction of sp³-hybridized carbons (Fsp3) is 0.167. The van der Waals surface area contributed by atoms with Crippen molar-refractivity contribution in [3.63, 3.8) is 0 Å². The van der Waals surface area contributed by atoms with Crippen LogP contribution in [0.15, 0.2) is 30.3 Å². The van der Waals surface area contributed by atoms with E-state index in [2.05, 4.69) is 5.32 Å². The number of hydrogen-bond acceptors (Lipinski definition) is 4. The summed E-state index contributed by atoms with van der Waals surface area (Å²) in [6, 6.07) is 6.29. The van der Waals surface area contributed by atoms with E-state index in [9.17, 15) is 14.4 Å². The number of fused-ring (bicyclic) bond motifs is 1. The number of halogens is 3. The van der Waals surface area contributed by atoms with Gasteiger partial charge < -0.3 is 10.1 Å². The van der Waals surface area contributed by atoms with Crippen LogP contribution in [-0.2, 0) is 4.79 Å². The van der Waals surface area contributed by atoms with Crippen LogP contribution in [0.1, 0.15) is 27.6 Å². The second kappa shape index (κ2) is 7.38. The summed E-state index contributed by atoms with van der Waals surface area (Å²) in [5.41, 5.74) is 0.628. The van der Waals surface area contributed by atoms with Crippen molar-refractivity contribution >= 4 is 58.2 Å². The van der Waals surface area contributed by atoms with Crippen LogP contribution >= 0.6 is 34.8 Å². The van der Waals surface area contributed by atoms with E-state index in [4.69, 9.17) is 39.5 Å². The molecule has 1 atom stereocenters. The summed E-state index contributed by atoms with van der Waals surface area (Å²) in [4.78, 5) is 38.6. The zero-order valence-corrected chi connectivity index (χ0v) is 16.4. The minimum absolute atomic E-state index is 0.113. The minimum Gasteiger partial charge on any atom is -0.495 e. The van der Waals surface area contributed by atoms with E-state index in [1.54, 1.807) is 12.1 Å². The molecular formula is C18H13Cl3N2O4. The molecule has 0 fully saturated rings. The molecule has 1 aliphatic rings. The number of hydrogen-bond donors (Lipinski definition) is 1. The highest BCUT2D eigenvalue weighted by Gasteiger charge is 2.41. The first-order chi connectivity index (χ1) is 12.7. The lowest BCUT2D eigenvalue weighted by atomic mass is 10.1. The van der Waals surface area contributed by atoms with Crippen LogP contribution in [-0.4, -0.2) is 35.8 Å². The number of amides is 3. The largest absolute Gasteiger partial charge is 0.495 e. The molecule has 0 radical (unpaired) electrons. The highest BCUT2D eigenvalue weighted by Crippen LogP contribution is 2.33. The lowest BCUT2D eigenvalue weighted by Gasteiger charge is -2.21. The number of anilines is 1. The Kier molecular flexibility index (Phi) is 5.33. The third-order valence-electron chi connectivity index (χ3n) is 4.14. The van der Waals surface area contributed by atoms with E-state index in [0.29, 0.717) is 16.5 Å². The molecule has 2 aromatic carbocycles. The predicted molar refractivity (Wildman–Crippen MR) is 103 cm³/mol. The Hall–Kier alpha value is -2.28. The Morgan fingerprint density at radius 2 is 1.56 bits per heavy atom. The maximum absolute atomic E-state index is 12.6. The highest BCUT2D eigenvalue weighted by atomic mass is 35.5. The Morgan fingerprint density at radius 3 is 2.04 bits per heavy atom. The summed E-state index contributed by atoms with van der Waals surface area (Å²) < 4.78 is 5.05. The van der Waals surface area contributed by atoms with Gasteiger partial charge in [-0.25, -0.2) is 0 Å². The van der Waals surface area contributed by atoms with Gasteiger partial charge in [0.15, 0.2) is 0 Å². The van der Waals surface area contributed by atoms with Gasteiger partial charge in [0.25, 0.3) is 11.8 Å². The average molecular weight is 428 g/mol. The highest BCUT2D eigenvalue weighted by molar-refractivity contribution is 6.43. The number of rotatable bonds is 4. The summed E-state index contributed by atoms with van der Waals surface area (Å²) >= 11 is 17.9. The van der Waals surface area contributed by atoms with Crippen LogP contribution in [0, 0.1) is 0 Å². The molecule has 3 rings (SSSR count). The molecule has 1 unspecified atom stereocenters. The molecule has 9 heteroatoms. The molecule has 0 bridgehead atoms. The molecule has 0 saturated carbocycles. The minimum atomic E-state index is -1.06. The SMILES string of the molecule is COc1ccc(NC(=O)C(C)N2C(=O)c3cc(Cl)c(Cl)cc3C2=O)cc1Cl. The molecule has 3 amide bonds. The fourth-order valence-electron chi connectivity index (χ4n) is 2.71. The molecule has 0 saturated heterocycles. The predicted octanol–water partition coefficient (Wildman–Crippen LogP) is 4.28. The van der Waals surface area contributed by atoms with Crippen molar-refractivity contribution in [3.05, 3.63) is 56.5 Å². The Labute approximate surface area is 169 Å². The third kappa shape index (κ3) is 3.48. The first-order valence-corrected chi connectivity index (χ1v) is 8.89. The summed E-state index contributed by atoms with van der Waals surface area (Å²) in [6.45, 7) is 1.45. The van der Waals surface area contributed by atoms with Gasteiger partial charge in [-0.2, -0.15) is 0 Å². The van der Waals surface area contributed by atoms with Crippen LogP contribution < -0.4 is 10.1 Å². The van der Waals surface area contributed by atoms with Gasteiger partial charge in [0.1, 0.15) is 11.8 Å². The normalized spacial score (nSPS) is 14.2. The van der Waals surface area contributed by atoms with Crippen LogP contribution in [0.5, 0.6) is 5.75 Å². The van der Waals surface area contributed by atoms with Crippen molar-refractivity contribution in [1.82, 2.24) is 4.90 Å². The molecule has 1 aliphatic heterocycles. The third-order valence-corrected chi connectivity index (χ3v) is 5.16. The van der Waals surface area contributed by atoms with E-state index in [1.165, 1.54) is 32.2 Å². The Bertz CT molecular complexity index is 936. The van der Waals surface area contributed by atoms with Gasteiger partial charge in [-0.15, -0.1) is 0 Å². The summed E-state index contributed by atoms with van der Waals surface area (Å²) in [6.07, 6.45) is 0. The first-order valence-electron chi connectivity index (χ1n) is 7.76. The summed E-state index contributed by atoms with van der Waals surface area (Å²) in [5, 5.41) is 3.25. The standard InChI is InChI=1S/C18H13Cl3N2O4/c1-8(16(24)22-9-3-4-15(27-2)14(21)5-9)23-17(25)10-6-12(19)13(20)7-11(10)18(23)26/h3-8H,1-2H3,(H,22,24). The van der Waals surface area contributed by atoms with E-state index in [0.717, 1.165) is 4.90 Å². The molecule has 6 nitrogen and oxygen atoms in total. The molecule has 140 valence electrons. The second-order valence-corrected chi connectivity index (χ2v) is 7.03. The molecule has 0 aliphatic carbocycles. The van der Waals surface area contributed by atoms with Crippen molar-refractivity contribution < 1.29 is 19.1 Å². The number of methoxy groups -OCH3 is 1. The zero-order valence-electron chi connectivity index (χ0n) is 14.2. The van der Waals surface area contributed by atoms with Gasteiger partial charge in [-0.1, -0.05) is 34.8 Å². The smallest absolute Gasteiger partial charge is 0.262 e. The van der Waals surface area contributed by atoms with Crippen LogP contribution in [0.4, 0.5) is 5.69 Å². The van der Waals surface area contributed by atoms with Crippen LogP contribution in [0.25, 0.3) is 0 Å². The fourth-order valence-corrected chi connectivity index (χ4v) is 3.30. The van der Waals surface area contributed by atoms with Gasteiger partial charge in [0, 0.05) is 5.69 Å². The number of ether oxygens (including phenoxy) is 1. The van der Waals surface area contributed by atoms with E-state index in [1.807, 2.05) is 0 Å². The molecule has 27 heavy (non-hydrogen) atoms. The maximum atomic E-state index is 12.6. The average Bonchev–Trinajstić information content (AvgIpc) is 2.85. The molecule has 2 aromatic rings. The van der Waals surface area contributed by atoms with Gasteiger partial charge in [0.05, 0.1) is 33.3 Å². The number of nitrogens with zero attached hydrogens (tertiary/aromatic N) is 1. The van der Waals surface area contributed by atoms with Crippen LogP contribution in [0.2, 0.25) is 15.1 Å². The Morgan fingerprint density at radius 1 is 1.00 bits per heavy atom. The van der Waals surface area contributed by atoms with Crippen molar-refractivity contribution in [2.24, 2.45) is 0 Å². The van der Waals surface area contributed by atoms with Gasteiger partial charge in [-0.3, -0.25) is 19.3 Å². The van der Waals surface area contributed by atoms with Crippen molar-refractivity contribution in [1.29, 1.82) is 0 Å². The van der Waals surface area contributed by atoms with E-state index >= 15 is 0 Å². The number of carbonyl (C=O) groups is 3. The van der Waals surface area contributed by atoms with Gasteiger partial charge >= 0.3 is 0 Å².